The van der Waals surface area contributed by atoms with Gasteiger partial charge in [-0.15, -0.1) is 0 Å². The third kappa shape index (κ3) is 2.09. The molecule has 1 saturated carbocycles. The summed E-state index contributed by atoms with van der Waals surface area (Å²) in [7, 11) is 0. The predicted octanol–water partition coefficient (Wildman–Crippen LogP) is 3.19. The molecule has 1 radical (unpaired) electrons. The summed E-state index contributed by atoms with van der Waals surface area (Å²) in [4.78, 5) is 0. The van der Waals surface area contributed by atoms with E-state index in [1.165, 1.54) is 0 Å². The normalized spacial score (nSPS) is 36.8. The molecule has 0 aromatic heterocycles. The molecule has 0 bridgehead atoms. The minimum Gasteiger partial charge on any atom is -0.349 e. The molecule has 1 nitrogen and oxygen atoms in total. The standard InChI is InChI=1S/C9H16ClO/c1-6(2)8-5-9(8,4)11-7(3)10/h6,8H,5H2,1-4H3. The number of hydrogen-bond acceptors (Lipinski definition) is 1. The van der Waals surface area contributed by atoms with Crippen LogP contribution in [0.25, 0.3) is 0 Å². The first-order chi connectivity index (χ1) is 4.96. The van der Waals surface area contributed by atoms with Crippen molar-refractivity contribution in [1.29, 1.82) is 0 Å². The average Bonchev–Trinajstić information content (AvgIpc) is 2.39. The molecule has 11 heavy (non-hydrogen) atoms. The van der Waals surface area contributed by atoms with Crippen molar-refractivity contribution in [3.05, 3.63) is 5.56 Å². The van der Waals surface area contributed by atoms with Crippen molar-refractivity contribution >= 4 is 11.6 Å². The third-order valence-corrected chi connectivity index (χ3v) is 2.51. The fourth-order valence-corrected chi connectivity index (χ4v) is 1.93. The highest BCUT2D eigenvalue weighted by Crippen LogP contribution is 2.52. The molecule has 2 atom stereocenters. The van der Waals surface area contributed by atoms with Crippen LogP contribution in [0.4, 0.5) is 0 Å². The van der Waals surface area contributed by atoms with Gasteiger partial charge in [0.05, 0.1) is 5.60 Å². The fraction of sp³-hybridized carbons (Fsp3) is 0.889. The van der Waals surface area contributed by atoms with Crippen LogP contribution < -0.4 is 0 Å². The van der Waals surface area contributed by atoms with E-state index in [4.69, 9.17) is 16.3 Å². The van der Waals surface area contributed by atoms with E-state index in [-0.39, 0.29) is 5.60 Å². The lowest BCUT2D eigenvalue weighted by atomic mass is 10.1. The van der Waals surface area contributed by atoms with Gasteiger partial charge in [-0.05, 0) is 32.1 Å². The van der Waals surface area contributed by atoms with E-state index in [0.29, 0.717) is 17.4 Å². The predicted molar refractivity (Wildman–Crippen MR) is 47.2 cm³/mol. The maximum atomic E-state index is 5.67. The van der Waals surface area contributed by atoms with Crippen LogP contribution in [0.3, 0.4) is 0 Å². The Balaban J connectivity index is 2.36. The molecule has 2 heteroatoms. The van der Waals surface area contributed by atoms with Crippen molar-refractivity contribution in [2.45, 2.75) is 39.7 Å². The third-order valence-electron chi connectivity index (χ3n) is 2.43. The van der Waals surface area contributed by atoms with E-state index < -0.39 is 0 Å². The summed E-state index contributed by atoms with van der Waals surface area (Å²) in [6.45, 7) is 8.37. The van der Waals surface area contributed by atoms with Crippen LogP contribution in [-0.2, 0) is 4.74 Å². The smallest absolute Gasteiger partial charge is 0.182 e. The molecule has 0 saturated heterocycles. The zero-order chi connectivity index (χ0) is 8.65. The van der Waals surface area contributed by atoms with Gasteiger partial charge in [0, 0.05) is 0 Å². The Morgan fingerprint density at radius 3 is 2.45 bits per heavy atom. The van der Waals surface area contributed by atoms with Crippen LogP contribution in [-0.4, -0.2) is 5.60 Å². The van der Waals surface area contributed by atoms with Crippen molar-refractivity contribution in [2.75, 3.05) is 0 Å². The van der Waals surface area contributed by atoms with E-state index >= 15 is 0 Å². The second kappa shape index (κ2) is 2.95. The van der Waals surface area contributed by atoms with Gasteiger partial charge in [-0.3, -0.25) is 0 Å². The molecule has 1 aliphatic rings. The summed E-state index contributed by atoms with van der Waals surface area (Å²) in [6, 6.07) is 0. The van der Waals surface area contributed by atoms with Crippen molar-refractivity contribution in [2.24, 2.45) is 11.8 Å². The lowest BCUT2D eigenvalue weighted by Gasteiger charge is -2.15. The quantitative estimate of drug-likeness (QED) is 0.640. The van der Waals surface area contributed by atoms with Crippen molar-refractivity contribution in [3.8, 4) is 0 Å². The second-order valence-corrected chi connectivity index (χ2v) is 4.47. The van der Waals surface area contributed by atoms with Crippen LogP contribution in [0.15, 0.2) is 0 Å². The van der Waals surface area contributed by atoms with Gasteiger partial charge in [0.2, 0.25) is 0 Å². The summed E-state index contributed by atoms with van der Waals surface area (Å²) in [5.41, 5.74) is 0.607. The van der Waals surface area contributed by atoms with E-state index in [1.807, 2.05) is 0 Å². The lowest BCUT2D eigenvalue weighted by molar-refractivity contribution is 0.0672. The number of hydrogen-bond donors (Lipinski definition) is 0. The van der Waals surface area contributed by atoms with Crippen molar-refractivity contribution in [1.82, 2.24) is 0 Å². The van der Waals surface area contributed by atoms with Crippen LogP contribution in [0.5, 0.6) is 0 Å². The molecule has 0 aliphatic heterocycles. The Morgan fingerprint density at radius 2 is 2.18 bits per heavy atom. The van der Waals surface area contributed by atoms with Crippen LogP contribution in [0, 0.1) is 17.4 Å². The first kappa shape index (κ1) is 9.34. The number of rotatable bonds is 3. The molecule has 0 aromatic rings. The largest absolute Gasteiger partial charge is 0.349 e. The highest BCUT2D eigenvalue weighted by molar-refractivity contribution is 6.25. The molecule has 0 spiro atoms. The summed E-state index contributed by atoms with van der Waals surface area (Å²) in [5.74, 6) is 1.40. The van der Waals surface area contributed by atoms with E-state index in [1.54, 1.807) is 6.92 Å². The fourth-order valence-electron chi connectivity index (χ4n) is 1.76. The average molecular weight is 176 g/mol. The number of ether oxygens (including phenoxy) is 1. The van der Waals surface area contributed by atoms with Crippen LogP contribution >= 0.6 is 11.6 Å². The molecule has 1 fully saturated rings. The molecule has 1 aliphatic carbocycles. The minimum atomic E-state index is 0.0417. The van der Waals surface area contributed by atoms with E-state index in [9.17, 15) is 0 Å². The Morgan fingerprint density at radius 1 is 1.64 bits per heavy atom. The van der Waals surface area contributed by atoms with Gasteiger partial charge in [0.25, 0.3) is 0 Å². The molecular weight excluding hydrogens is 160 g/mol. The van der Waals surface area contributed by atoms with E-state index in [0.717, 1.165) is 6.42 Å². The molecule has 2 unspecified atom stereocenters. The number of halogens is 1. The molecule has 0 heterocycles. The molecular formula is C9H16ClO. The van der Waals surface area contributed by atoms with Crippen LogP contribution in [0.2, 0.25) is 0 Å². The topological polar surface area (TPSA) is 9.23 Å². The van der Waals surface area contributed by atoms with Gasteiger partial charge in [0.15, 0.2) is 5.56 Å². The van der Waals surface area contributed by atoms with Gasteiger partial charge in [-0.2, -0.15) is 0 Å². The first-order valence-electron chi connectivity index (χ1n) is 4.14. The zero-order valence-corrected chi connectivity index (χ0v) is 8.40. The van der Waals surface area contributed by atoms with Crippen LogP contribution in [0.1, 0.15) is 34.1 Å². The SMILES string of the molecule is C[C](Cl)OC1(C)CC1C(C)C. The summed E-state index contributed by atoms with van der Waals surface area (Å²) < 4.78 is 5.50. The highest BCUT2D eigenvalue weighted by atomic mass is 35.5. The maximum absolute atomic E-state index is 5.67. The van der Waals surface area contributed by atoms with Gasteiger partial charge in [-0.1, -0.05) is 25.4 Å². The lowest BCUT2D eigenvalue weighted by Crippen LogP contribution is -2.14. The van der Waals surface area contributed by atoms with Gasteiger partial charge >= 0.3 is 0 Å². The molecule has 65 valence electrons. The Kier molecular flexibility index (Phi) is 2.50. The van der Waals surface area contributed by atoms with Gasteiger partial charge < -0.3 is 4.74 Å². The molecule has 1 rings (SSSR count). The minimum absolute atomic E-state index is 0.0417. The molecule has 0 aromatic carbocycles. The highest BCUT2D eigenvalue weighted by Gasteiger charge is 2.53. The summed E-state index contributed by atoms with van der Waals surface area (Å²) >= 11 is 5.67. The van der Waals surface area contributed by atoms with Crippen molar-refractivity contribution < 1.29 is 4.74 Å². The summed E-state index contributed by atoms with van der Waals surface area (Å²) in [6.07, 6.45) is 1.15. The second-order valence-electron chi connectivity index (χ2n) is 3.94. The Bertz CT molecular complexity index is 144. The van der Waals surface area contributed by atoms with Crippen molar-refractivity contribution in [3.63, 3.8) is 0 Å². The Hall–Kier alpha value is 0.250. The first-order valence-corrected chi connectivity index (χ1v) is 4.51. The zero-order valence-electron chi connectivity index (χ0n) is 7.65. The Labute approximate surface area is 74.1 Å². The molecule has 0 N–H and O–H groups in total. The van der Waals surface area contributed by atoms with Gasteiger partial charge in [-0.25, -0.2) is 0 Å². The van der Waals surface area contributed by atoms with E-state index in [2.05, 4.69) is 20.8 Å². The monoisotopic (exact) mass is 175 g/mol. The summed E-state index contributed by atoms with van der Waals surface area (Å²) in [5, 5.41) is 0. The van der Waals surface area contributed by atoms with Gasteiger partial charge in [0.1, 0.15) is 0 Å². The maximum Gasteiger partial charge on any atom is 0.182 e. The molecule has 0 amide bonds.